The van der Waals surface area contributed by atoms with E-state index in [1.54, 1.807) is 13.4 Å². The average Bonchev–Trinajstić information content (AvgIpc) is 3.32. The molecule has 7 heteroatoms. The maximum absolute atomic E-state index is 12.8. The topological polar surface area (TPSA) is 70.5 Å². The number of hydrogen-bond donors (Lipinski definition) is 2. The first-order valence-corrected chi connectivity index (χ1v) is 10.8. The summed E-state index contributed by atoms with van der Waals surface area (Å²) in [6, 6.07) is 21.4. The van der Waals surface area contributed by atoms with Gasteiger partial charge in [-0.15, -0.1) is 0 Å². The van der Waals surface area contributed by atoms with Crippen LogP contribution < -0.4 is 15.6 Å². The molecule has 0 aliphatic heterocycles. The van der Waals surface area contributed by atoms with E-state index in [1.165, 1.54) is 0 Å². The molecule has 0 fully saturated rings. The summed E-state index contributed by atoms with van der Waals surface area (Å²) in [4.78, 5) is 17.7. The fourth-order valence-electron chi connectivity index (χ4n) is 3.57. The van der Waals surface area contributed by atoms with E-state index >= 15 is 0 Å². The Morgan fingerprint density at radius 2 is 1.94 bits per heavy atom. The molecule has 0 unspecified atom stereocenters. The molecule has 0 saturated heterocycles. The highest BCUT2D eigenvalue weighted by Gasteiger charge is 2.17. The lowest BCUT2D eigenvalue weighted by Gasteiger charge is -2.27. The predicted octanol–water partition coefficient (Wildman–Crippen LogP) is 4.77. The Balaban J connectivity index is 1.59. The lowest BCUT2D eigenvalue weighted by molar-refractivity contribution is 0.347. The van der Waals surface area contributed by atoms with E-state index in [0.717, 1.165) is 22.2 Å². The van der Waals surface area contributed by atoms with E-state index < -0.39 is 0 Å². The van der Waals surface area contributed by atoms with Crippen molar-refractivity contribution in [2.24, 2.45) is 0 Å². The molecular weight excluding hydrogens is 422 g/mol. The van der Waals surface area contributed by atoms with Crippen molar-refractivity contribution < 1.29 is 9.15 Å². The van der Waals surface area contributed by atoms with Crippen LogP contribution in [0.15, 0.2) is 82.2 Å². The van der Waals surface area contributed by atoms with Crippen molar-refractivity contribution in [3.8, 4) is 5.75 Å². The van der Waals surface area contributed by atoms with Crippen LogP contribution >= 0.6 is 12.2 Å². The maximum Gasteiger partial charge on any atom is 0.253 e. The van der Waals surface area contributed by atoms with Crippen LogP contribution in [0.3, 0.4) is 0 Å². The minimum absolute atomic E-state index is 0.0187. The number of pyridine rings is 1. The van der Waals surface area contributed by atoms with Crippen LogP contribution in [0.4, 0.5) is 0 Å². The number of H-pyrrole nitrogens is 1. The standard InChI is InChI=1S/C25H25N3O3S/c1-17(18-7-4-3-5-8-18)26-25(32)28(16-22-9-6-12-31-22)15-20-13-19-10-11-21(30-2)14-23(19)27-24(20)29/h3-14,17H,15-16H2,1-2H3,(H,26,32)(H,27,29)/t17-/m1/s1. The van der Waals surface area contributed by atoms with E-state index in [4.69, 9.17) is 21.4 Å². The summed E-state index contributed by atoms with van der Waals surface area (Å²) >= 11 is 5.74. The number of aromatic amines is 1. The van der Waals surface area contributed by atoms with Crippen LogP contribution in [0.5, 0.6) is 5.75 Å². The van der Waals surface area contributed by atoms with Gasteiger partial charge in [0, 0.05) is 11.6 Å². The van der Waals surface area contributed by atoms with Gasteiger partial charge in [-0.2, -0.15) is 0 Å². The lowest BCUT2D eigenvalue weighted by atomic mass is 10.1. The van der Waals surface area contributed by atoms with Crippen LogP contribution in [0, 0.1) is 0 Å². The quantitative estimate of drug-likeness (QED) is 0.398. The summed E-state index contributed by atoms with van der Waals surface area (Å²) in [5, 5.41) is 4.86. The van der Waals surface area contributed by atoms with Gasteiger partial charge in [-0.05, 0) is 60.4 Å². The molecule has 0 bridgehead atoms. The first kappa shape index (κ1) is 21.6. The summed E-state index contributed by atoms with van der Waals surface area (Å²) in [7, 11) is 1.60. The molecule has 4 aromatic rings. The Labute approximate surface area is 191 Å². The molecular formula is C25H25N3O3S. The summed E-state index contributed by atoms with van der Waals surface area (Å²) in [5.74, 6) is 1.46. The number of fused-ring (bicyclic) bond motifs is 1. The van der Waals surface area contributed by atoms with Crippen LogP contribution in [-0.4, -0.2) is 22.1 Å². The molecule has 6 nitrogen and oxygen atoms in total. The summed E-state index contributed by atoms with van der Waals surface area (Å²) in [5.41, 5.74) is 2.32. The Kier molecular flexibility index (Phi) is 6.56. The molecule has 32 heavy (non-hydrogen) atoms. The molecule has 0 radical (unpaired) electrons. The Hall–Kier alpha value is -3.58. The molecule has 164 valence electrons. The largest absolute Gasteiger partial charge is 0.497 e. The zero-order valence-corrected chi connectivity index (χ0v) is 18.8. The van der Waals surface area contributed by atoms with E-state index in [0.29, 0.717) is 29.5 Å². The van der Waals surface area contributed by atoms with Crippen molar-refractivity contribution in [1.82, 2.24) is 15.2 Å². The number of rotatable bonds is 7. The van der Waals surface area contributed by atoms with Crippen molar-refractivity contribution in [1.29, 1.82) is 0 Å². The molecule has 0 saturated carbocycles. The van der Waals surface area contributed by atoms with Crippen molar-refractivity contribution in [3.63, 3.8) is 0 Å². The van der Waals surface area contributed by atoms with Gasteiger partial charge in [-0.3, -0.25) is 4.79 Å². The minimum atomic E-state index is -0.158. The van der Waals surface area contributed by atoms with Gasteiger partial charge in [0.2, 0.25) is 0 Å². The van der Waals surface area contributed by atoms with Gasteiger partial charge in [0.1, 0.15) is 11.5 Å². The number of nitrogens with one attached hydrogen (secondary N) is 2. The average molecular weight is 448 g/mol. The van der Waals surface area contributed by atoms with Crippen molar-refractivity contribution in [2.45, 2.75) is 26.1 Å². The minimum Gasteiger partial charge on any atom is -0.497 e. The highest BCUT2D eigenvalue weighted by Crippen LogP contribution is 2.20. The summed E-state index contributed by atoms with van der Waals surface area (Å²) < 4.78 is 10.8. The Bertz CT molecular complexity index is 1250. The van der Waals surface area contributed by atoms with Crippen molar-refractivity contribution in [2.75, 3.05) is 7.11 Å². The van der Waals surface area contributed by atoms with Crippen LogP contribution in [0.2, 0.25) is 0 Å². The number of ether oxygens (including phenoxy) is 1. The summed E-state index contributed by atoms with van der Waals surface area (Å²) in [6.45, 7) is 2.84. The number of benzene rings is 2. The van der Waals surface area contributed by atoms with Crippen molar-refractivity contribution >= 4 is 28.2 Å². The first-order valence-electron chi connectivity index (χ1n) is 10.4. The van der Waals surface area contributed by atoms with Crippen LogP contribution in [0.1, 0.15) is 29.9 Å². The summed E-state index contributed by atoms with van der Waals surface area (Å²) in [6.07, 6.45) is 1.63. The van der Waals surface area contributed by atoms with Gasteiger partial charge < -0.3 is 24.4 Å². The van der Waals surface area contributed by atoms with E-state index in [-0.39, 0.29) is 11.6 Å². The normalized spacial score (nSPS) is 11.8. The maximum atomic E-state index is 12.8. The van der Waals surface area contributed by atoms with E-state index in [2.05, 4.69) is 29.4 Å². The van der Waals surface area contributed by atoms with E-state index in [9.17, 15) is 4.79 Å². The number of aromatic nitrogens is 1. The van der Waals surface area contributed by atoms with E-state index in [1.807, 2.05) is 59.5 Å². The number of hydrogen-bond acceptors (Lipinski definition) is 4. The third kappa shape index (κ3) is 5.00. The Morgan fingerprint density at radius 1 is 1.12 bits per heavy atom. The fraction of sp³-hybridized carbons (Fsp3) is 0.200. The van der Waals surface area contributed by atoms with Crippen LogP contribution in [-0.2, 0) is 13.1 Å². The number of thiocarbonyl (C=S) groups is 1. The Morgan fingerprint density at radius 3 is 2.66 bits per heavy atom. The molecule has 2 aromatic carbocycles. The first-order chi connectivity index (χ1) is 15.5. The number of nitrogens with zero attached hydrogens (tertiary/aromatic N) is 1. The van der Waals surface area contributed by atoms with Gasteiger partial charge in [-0.25, -0.2) is 0 Å². The second-order valence-corrected chi connectivity index (χ2v) is 7.98. The number of furan rings is 1. The van der Waals surface area contributed by atoms with Crippen LogP contribution in [0.25, 0.3) is 10.9 Å². The van der Waals surface area contributed by atoms with Gasteiger partial charge in [0.25, 0.3) is 5.56 Å². The highest BCUT2D eigenvalue weighted by atomic mass is 32.1. The zero-order valence-electron chi connectivity index (χ0n) is 18.0. The third-order valence-electron chi connectivity index (χ3n) is 5.34. The van der Waals surface area contributed by atoms with Crippen molar-refractivity contribution in [3.05, 3.63) is 100 Å². The monoisotopic (exact) mass is 447 g/mol. The molecule has 2 aromatic heterocycles. The molecule has 0 amide bonds. The fourth-order valence-corrected chi connectivity index (χ4v) is 3.87. The second-order valence-electron chi connectivity index (χ2n) is 7.59. The molecule has 2 heterocycles. The molecule has 1 atom stereocenters. The van der Waals surface area contributed by atoms with Gasteiger partial charge in [-0.1, -0.05) is 30.3 Å². The van der Waals surface area contributed by atoms with Gasteiger partial charge >= 0.3 is 0 Å². The van der Waals surface area contributed by atoms with Gasteiger partial charge in [0.15, 0.2) is 5.11 Å². The predicted molar refractivity (Wildman–Crippen MR) is 130 cm³/mol. The third-order valence-corrected chi connectivity index (χ3v) is 5.72. The number of methoxy groups -OCH3 is 1. The zero-order chi connectivity index (χ0) is 22.5. The smallest absolute Gasteiger partial charge is 0.253 e. The lowest BCUT2D eigenvalue weighted by Crippen LogP contribution is -2.41. The second kappa shape index (κ2) is 9.70. The molecule has 0 spiro atoms. The van der Waals surface area contributed by atoms with Gasteiger partial charge in [0.05, 0.1) is 38.0 Å². The molecule has 0 aliphatic rings. The molecule has 4 rings (SSSR count). The molecule has 2 N–H and O–H groups in total. The SMILES string of the molecule is COc1ccc2cc(CN(Cc3ccco3)C(=S)N[C@H](C)c3ccccc3)c(=O)[nH]c2c1. The molecule has 0 aliphatic carbocycles. The highest BCUT2D eigenvalue weighted by molar-refractivity contribution is 7.80.